The second-order valence-electron chi connectivity index (χ2n) is 3.36. The van der Waals surface area contributed by atoms with E-state index in [0.29, 0.717) is 4.88 Å². The number of nitrogens with zero attached hydrogens (tertiary/aromatic N) is 1. The molecule has 18 heavy (non-hydrogen) atoms. The van der Waals surface area contributed by atoms with E-state index in [1.807, 2.05) is 0 Å². The van der Waals surface area contributed by atoms with Gasteiger partial charge in [0.05, 0.1) is 13.5 Å². The summed E-state index contributed by atoms with van der Waals surface area (Å²) in [6.45, 7) is 1.68. The second-order valence-corrected chi connectivity index (χ2v) is 4.56. The molecular formula is C10H12N2O5S. The number of aromatic nitrogens is 1. The predicted molar refractivity (Wildman–Crippen MR) is 63.7 cm³/mol. The third kappa shape index (κ3) is 3.81. The molecule has 0 aromatic carbocycles. The van der Waals surface area contributed by atoms with Crippen molar-refractivity contribution >= 4 is 34.3 Å². The molecular weight excluding hydrogens is 260 g/mol. The number of ether oxygens (including phenoxy) is 1. The van der Waals surface area contributed by atoms with Crippen molar-refractivity contribution < 1.29 is 24.2 Å². The van der Waals surface area contributed by atoms with Crippen molar-refractivity contribution in [2.24, 2.45) is 0 Å². The number of thiazole rings is 1. The molecule has 1 aromatic heterocycles. The predicted octanol–water partition coefficient (Wildman–Crippen LogP) is 1.04. The van der Waals surface area contributed by atoms with Gasteiger partial charge in [0.25, 0.3) is 0 Å². The van der Waals surface area contributed by atoms with Gasteiger partial charge in [-0.2, -0.15) is 0 Å². The highest BCUT2D eigenvalue weighted by Crippen LogP contribution is 2.22. The minimum Gasteiger partial charge on any atom is -0.481 e. The van der Waals surface area contributed by atoms with Crippen molar-refractivity contribution in [3.63, 3.8) is 0 Å². The van der Waals surface area contributed by atoms with Crippen LogP contribution in [-0.4, -0.2) is 35.0 Å². The van der Waals surface area contributed by atoms with Crippen molar-refractivity contribution in [2.75, 3.05) is 12.4 Å². The SMILES string of the molecule is COC(=O)c1nc(NC(=O)CCC(=O)O)sc1C. The summed E-state index contributed by atoms with van der Waals surface area (Å²) in [6, 6.07) is 0. The van der Waals surface area contributed by atoms with Gasteiger partial charge in [0.1, 0.15) is 0 Å². The molecule has 1 heterocycles. The minimum atomic E-state index is -1.05. The van der Waals surface area contributed by atoms with E-state index in [0.717, 1.165) is 11.3 Å². The molecule has 0 saturated carbocycles. The summed E-state index contributed by atoms with van der Waals surface area (Å²) in [5.41, 5.74) is 0.149. The molecule has 7 nitrogen and oxygen atoms in total. The molecule has 0 aliphatic carbocycles. The first-order valence-electron chi connectivity index (χ1n) is 5.01. The van der Waals surface area contributed by atoms with Gasteiger partial charge in [0, 0.05) is 11.3 Å². The zero-order valence-corrected chi connectivity index (χ0v) is 10.7. The monoisotopic (exact) mass is 272 g/mol. The largest absolute Gasteiger partial charge is 0.481 e. The lowest BCUT2D eigenvalue weighted by atomic mass is 10.3. The van der Waals surface area contributed by atoms with Crippen LogP contribution in [0.15, 0.2) is 0 Å². The Balaban J connectivity index is 2.66. The van der Waals surface area contributed by atoms with E-state index in [4.69, 9.17) is 5.11 Å². The molecule has 0 radical (unpaired) electrons. The van der Waals surface area contributed by atoms with Gasteiger partial charge >= 0.3 is 11.9 Å². The van der Waals surface area contributed by atoms with Gasteiger partial charge in [-0.1, -0.05) is 0 Å². The Morgan fingerprint density at radius 3 is 2.61 bits per heavy atom. The van der Waals surface area contributed by atoms with E-state index in [9.17, 15) is 14.4 Å². The summed E-state index contributed by atoms with van der Waals surface area (Å²) in [4.78, 5) is 37.5. The number of amides is 1. The summed E-state index contributed by atoms with van der Waals surface area (Å²) in [5, 5.41) is 11.1. The number of rotatable bonds is 5. The first-order valence-corrected chi connectivity index (χ1v) is 5.83. The molecule has 2 N–H and O–H groups in total. The van der Waals surface area contributed by atoms with Crippen LogP contribution in [0, 0.1) is 6.92 Å². The molecule has 1 rings (SSSR count). The zero-order chi connectivity index (χ0) is 13.7. The highest BCUT2D eigenvalue weighted by atomic mass is 32.1. The van der Waals surface area contributed by atoms with E-state index >= 15 is 0 Å². The molecule has 8 heteroatoms. The summed E-state index contributed by atoms with van der Waals surface area (Å²) in [6.07, 6.45) is -0.387. The first-order chi connectivity index (χ1) is 8.43. The molecule has 0 bridgehead atoms. The maximum absolute atomic E-state index is 11.4. The fourth-order valence-electron chi connectivity index (χ4n) is 1.14. The van der Waals surface area contributed by atoms with Crippen LogP contribution < -0.4 is 5.32 Å². The fourth-order valence-corrected chi connectivity index (χ4v) is 1.96. The van der Waals surface area contributed by atoms with Gasteiger partial charge in [-0.3, -0.25) is 9.59 Å². The average molecular weight is 272 g/mol. The molecule has 0 unspecified atom stereocenters. The topological polar surface area (TPSA) is 106 Å². The van der Waals surface area contributed by atoms with Crippen molar-refractivity contribution in [3.05, 3.63) is 10.6 Å². The number of anilines is 1. The molecule has 0 saturated heterocycles. The van der Waals surface area contributed by atoms with Gasteiger partial charge in [-0.05, 0) is 6.92 Å². The number of carboxylic acids is 1. The van der Waals surface area contributed by atoms with Gasteiger partial charge in [0.15, 0.2) is 10.8 Å². The van der Waals surface area contributed by atoms with Crippen LogP contribution in [-0.2, 0) is 14.3 Å². The lowest BCUT2D eigenvalue weighted by Gasteiger charge is -1.98. The van der Waals surface area contributed by atoms with Crippen LogP contribution in [0.5, 0.6) is 0 Å². The summed E-state index contributed by atoms with van der Waals surface area (Å²) < 4.78 is 4.53. The first kappa shape index (κ1) is 14.1. The average Bonchev–Trinajstić information content (AvgIpc) is 2.66. The minimum absolute atomic E-state index is 0.137. The van der Waals surface area contributed by atoms with Crippen LogP contribution in [0.2, 0.25) is 0 Å². The molecule has 0 fully saturated rings. The highest BCUT2D eigenvalue weighted by Gasteiger charge is 2.17. The number of carboxylic acid groups (broad SMARTS) is 1. The zero-order valence-electron chi connectivity index (χ0n) is 9.85. The maximum Gasteiger partial charge on any atom is 0.357 e. The maximum atomic E-state index is 11.4. The van der Waals surface area contributed by atoms with E-state index in [1.54, 1.807) is 6.92 Å². The number of esters is 1. The molecule has 98 valence electrons. The molecule has 1 amide bonds. The number of aryl methyl sites for hydroxylation is 1. The van der Waals surface area contributed by atoms with Crippen LogP contribution >= 0.6 is 11.3 Å². The van der Waals surface area contributed by atoms with Crippen LogP contribution in [0.1, 0.15) is 28.2 Å². The Kier molecular flexibility index (Phi) is 4.78. The third-order valence-electron chi connectivity index (χ3n) is 1.99. The van der Waals surface area contributed by atoms with Crippen LogP contribution in [0.25, 0.3) is 0 Å². The smallest absolute Gasteiger partial charge is 0.357 e. The Labute approximate surface area is 107 Å². The van der Waals surface area contributed by atoms with E-state index in [2.05, 4.69) is 15.0 Å². The van der Waals surface area contributed by atoms with Crippen molar-refractivity contribution in [1.29, 1.82) is 0 Å². The molecule has 0 aliphatic rings. The lowest BCUT2D eigenvalue weighted by Crippen LogP contribution is -2.13. The molecule has 0 aliphatic heterocycles. The van der Waals surface area contributed by atoms with Gasteiger partial charge in [-0.25, -0.2) is 9.78 Å². The summed E-state index contributed by atoms with van der Waals surface area (Å²) in [7, 11) is 1.24. The van der Waals surface area contributed by atoms with E-state index < -0.39 is 17.8 Å². The number of methoxy groups -OCH3 is 1. The number of hydrogen-bond acceptors (Lipinski definition) is 6. The Bertz CT molecular complexity index is 483. The number of hydrogen-bond donors (Lipinski definition) is 2. The van der Waals surface area contributed by atoms with E-state index in [1.165, 1.54) is 7.11 Å². The van der Waals surface area contributed by atoms with Crippen molar-refractivity contribution in [2.45, 2.75) is 19.8 Å². The van der Waals surface area contributed by atoms with Gasteiger partial charge in [-0.15, -0.1) is 11.3 Å². The van der Waals surface area contributed by atoms with Gasteiger partial charge < -0.3 is 15.2 Å². The quantitative estimate of drug-likeness (QED) is 0.776. The summed E-state index contributed by atoms with van der Waals surface area (Å²) in [5.74, 6) is -2.08. The Hall–Kier alpha value is -1.96. The standard InChI is InChI=1S/C10H12N2O5S/c1-5-8(9(16)17-2)12-10(18-5)11-6(13)3-4-7(14)15/h3-4H2,1-2H3,(H,14,15)(H,11,12,13). The Morgan fingerprint density at radius 1 is 1.39 bits per heavy atom. The van der Waals surface area contributed by atoms with Crippen molar-refractivity contribution in [1.82, 2.24) is 4.98 Å². The molecule has 0 atom stereocenters. The summed E-state index contributed by atoms with van der Waals surface area (Å²) >= 11 is 1.13. The molecule has 1 aromatic rings. The normalized spacial score (nSPS) is 9.89. The number of carbonyl (C=O) groups excluding carboxylic acids is 2. The number of carbonyl (C=O) groups is 3. The van der Waals surface area contributed by atoms with Gasteiger partial charge in [0.2, 0.25) is 5.91 Å². The van der Waals surface area contributed by atoms with Crippen LogP contribution in [0.3, 0.4) is 0 Å². The third-order valence-corrected chi connectivity index (χ3v) is 2.87. The lowest BCUT2D eigenvalue weighted by molar-refractivity contribution is -0.138. The van der Waals surface area contributed by atoms with Crippen LogP contribution in [0.4, 0.5) is 5.13 Å². The molecule has 0 spiro atoms. The Morgan fingerprint density at radius 2 is 2.06 bits per heavy atom. The van der Waals surface area contributed by atoms with E-state index in [-0.39, 0.29) is 23.7 Å². The van der Waals surface area contributed by atoms with Crippen molar-refractivity contribution in [3.8, 4) is 0 Å². The fraction of sp³-hybridized carbons (Fsp3) is 0.400. The highest BCUT2D eigenvalue weighted by molar-refractivity contribution is 7.16. The number of aliphatic carboxylic acids is 1. The number of nitrogens with one attached hydrogen (secondary N) is 1. The second kappa shape index (κ2) is 6.10.